The molecule has 1 N–H and O–H groups in total. The molecular weight excluding hydrogens is 216 g/mol. The van der Waals surface area contributed by atoms with Gasteiger partial charge in [-0.2, -0.15) is 0 Å². The smallest absolute Gasteiger partial charge is 0.169 e. The van der Waals surface area contributed by atoms with E-state index in [1.165, 1.54) is 51.4 Å². The SMILES string of the molecule is CC1CCCCCN1C(=S)NC1CCCC1. The Morgan fingerprint density at radius 2 is 1.75 bits per heavy atom. The van der Waals surface area contributed by atoms with E-state index < -0.39 is 0 Å². The van der Waals surface area contributed by atoms with E-state index in [4.69, 9.17) is 12.2 Å². The Kier molecular flexibility index (Phi) is 4.45. The van der Waals surface area contributed by atoms with E-state index >= 15 is 0 Å². The van der Waals surface area contributed by atoms with E-state index in [2.05, 4.69) is 17.1 Å². The third-order valence-corrected chi connectivity index (χ3v) is 4.35. The number of nitrogens with zero attached hydrogens (tertiary/aromatic N) is 1. The zero-order valence-electron chi connectivity index (χ0n) is 10.4. The average molecular weight is 240 g/mol. The fourth-order valence-electron chi connectivity index (χ4n) is 2.90. The minimum atomic E-state index is 0.629. The van der Waals surface area contributed by atoms with Gasteiger partial charge in [-0.15, -0.1) is 0 Å². The maximum Gasteiger partial charge on any atom is 0.169 e. The highest BCUT2D eigenvalue weighted by atomic mass is 32.1. The van der Waals surface area contributed by atoms with Gasteiger partial charge in [0.1, 0.15) is 0 Å². The molecule has 1 saturated heterocycles. The van der Waals surface area contributed by atoms with Crippen molar-refractivity contribution in [1.82, 2.24) is 10.2 Å². The van der Waals surface area contributed by atoms with Crippen LogP contribution in [-0.4, -0.2) is 28.6 Å². The third-order valence-electron chi connectivity index (χ3n) is 4.00. The van der Waals surface area contributed by atoms with Crippen LogP contribution >= 0.6 is 12.2 Å². The Labute approximate surface area is 105 Å². The molecule has 92 valence electrons. The molecule has 2 fully saturated rings. The standard InChI is InChI=1S/C13H24N2S/c1-11-7-3-2-6-10-15(11)13(16)14-12-8-4-5-9-12/h11-12H,2-10H2,1H3,(H,14,16). The van der Waals surface area contributed by atoms with Gasteiger partial charge in [-0.05, 0) is 44.8 Å². The number of rotatable bonds is 1. The fraction of sp³-hybridized carbons (Fsp3) is 0.923. The first-order chi connectivity index (χ1) is 7.77. The maximum absolute atomic E-state index is 5.56. The molecule has 2 rings (SSSR count). The molecule has 0 aromatic heterocycles. The molecule has 3 heteroatoms. The van der Waals surface area contributed by atoms with Crippen molar-refractivity contribution >= 4 is 17.3 Å². The van der Waals surface area contributed by atoms with Crippen molar-refractivity contribution in [2.75, 3.05) is 6.54 Å². The van der Waals surface area contributed by atoms with Gasteiger partial charge in [-0.3, -0.25) is 0 Å². The molecule has 1 saturated carbocycles. The summed E-state index contributed by atoms with van der Waals surface area (Å²) >= 11 is 5.56. The minimum Gasteiger partial charge on any atom is -0.360 e. The van der Waals surface area contributed by atoms with Crippen molar-refractivity contribution < 1.29 is 0 Å². The molecule has 1 unspecified atom stereocenters. The molecule has 0 amide bonds. The highest BCUT2D eigenvalue weighted by Gasteiger charge is 2.22. The van der Waals surface area contributed by atoms with Gasteiger partial charge in [0.2, 0.25) is 0 Å². The summed E-state index contributed by atoms with van der Waals surface area (Å²) in [6.45, 7) is 3.47. The van der Waals surface area contributed by atoms with Gasteiger partial charge in [0, 0.05) is 18.6 Å². The summed E-state index contributed by atoms with van der Waals surface area (Å²) < 4.78 is 0. The lowest BCUT2D eigenvalue weighted by Crippen LogP contribution is -2.47. The molecule has 16 heavy (non-hydrogen) atoms. The zero-order valence-corrected chi connectivity index (χ0v) is 11.2. The van der Waals surface area contributed by atoms with Crippen LogP contribution in [-0.2, 0) is 0 Å². The second-order valence-corrected chi connectivity index (χ2v) is 5.71. The molecule has 1 heterocycles. The van der Waals surface area contributed by atoms with Crippen molar-refractivity contribution in [3.8, 4) is 0 Å². The fourth-order valence-corrected chi connectivity index (χ4v) is 3.34. The van der Waals surface area contributed by atoms with Crippen LogP contribution < -0.4 is 5.32 Å². The molecule has 1 aliphatic carbocycles. The topological polar surface area (TPSA) is 15.3 Å². The number of hydrogen-bond acceptors (Lipinski definition) is 1. The predicted octanol–water partition coefficient (Wildman–Crippen LogP) is 3.07. The van der Waals surface area contributed by atoms with Gasteiger partial charge < -0.3 is 10.2 Å². The number of hydrogen-bond donors (Lipinski definition) is 1. The lowest BCUT2D eigenvalue weighted by atomic mass is 10.1. The Morgan fingerprint density at radius 1 is 1.06 bits per heavy atom. The number of likely N-dealkylation sites (tertiary alicyclic amines) is 1. The molecule has 0 aromatic carbocycles. The van der Waals surface area contributed by atoms with E-state index in [-0.39, 0.29) is 0 Å². The summed E-state index contributed by atoms with van der Waals surface area (Å²) in [5.41, 5.74) is 0. The quantitative estimate of drug-likeness (QED) is 0.709. The van der Waals surface area contributed by atoms with Crippen molar-refractivity contribution in [1.29, 1.82) is 0 Å². The summed E-state index contributed by atoms with van der Waals surface area (Å²) in [7, 11) is 0. The average Bonchev–Trinajstić information content (AvgIpc) is 2.66. The van der Waals surface area contributed by atoms with Crippen LogP contribution in [0.3, 0.4) is 0 Å². The lowest BCUT2D eigenvalue weighted by molar-refractivity contribution is 0.327. The second-order valence-electron chi connectivity index (χ2n) is 5.32. The Morgan fingerprint density at radius 3 is 2.50 bits per heavy atom. The first kappa shape index (κ1) is 12.2. The van der Waals surface area contributed by atoms with Gasteiger partial charge in [0.25, 0.3) is 0 Å². The van der Waals surface area contributed by atoms with Crippen molar-refractivity contribution in [3.05, 3.63) is 0 Å². The largest absolute Gasteiger partial charge is 0.360 e. The minimum absolute atomic E-state index is 0.629. The molecule has 2 nitrogen and oxygen atoms in total. The normalized spacial score (nSPS) is 27.8. The Bertz CT molecular complexity index is 236. The molecule has 0 spiro atoms. The molecule has 0 bridgehead atoms. The van der Waals surface area contributed by atoms with Crippen molar-refractivity contribution in [3.63, 3.8) is 0 Å². The van der Waals surface area contributed by atoms with Crippen LogP contribution in [0.15, 0.2) is 0 Å². The lowest BCUT2D eigenvalue weighted by Gasteiger charge is -2.31. The monoisotopic (exact) mass is 240 g/mol. The first-order valence-corrected chi connectivity index (χ1v) is 7.25. The summed E-state index contributed by atoms with van der Waals surface area (Å²) in [6, 6.07) is 1.28. The van der Waals surface area contributed by atoms with Gasteiger partial charge in [0.15, 0.2) is 5.11 Å². The van der Waals surface area contributed by atoms with Crippen LogP contribution in [0, 0.1) is 0 Å². The summed E-state index contributed by atoms with van der Waals surface area (Å²) in [5.74, 6) is 0. The molecule has 1 atom stereocenters. The highest BCUT2D eigenvalue weighted by Crippen LogP contribution is 2.20. The summed E-state index contributed by atoms with van der Waals surface area (Å²) in [5, 5.41) is 4.58. The number of thiocarbonyl (C=S) groups is 1. The molecule has 1 aliphatic heterocycles. The van der Waals surface area contributed by atoms with E-state index in [1.54, 1.807) is 0 Å². The predicted molar refractivity (Wildman–Crippen MR) is 72.6 cm³/mol. The summed E-state index contributed by atoms with van der Waals surface area (Å²) in [4.78, 5) is 2.42. The second kappa shape index (κ2) is 5.85. The van der Waals surface area contributed by atoms with Crippen LogP contribution in [0.5, 0.6) is 0 Å². The van der Waals surface area contributed by atoms with E-state index in [9.17, 15) is 0 Å². The van der Waals surface area contributed by atoms with Crippen molar-refractivity contribution in [2.45, 2.75) is 70.4 Å². The first-order valence-electron chi connectivity index (χ1n) is 6.84. The summed E-state index contributed by atoms with van der Waals surface area (Å²) in [6.07, 6.45) is 10.7. The maximum atomic E-state index is 5.56. The van der Waals surface area contributed by atoms with Crippen LogP contribution in [0.2, 0.25) is 0 Å². The molecule has 0 aromatic rings. The van der Waals surface area contributed by atoms with Crippen LogP contribution in [0.1, 0.15) is 58.3 Å². The van der Waals surface area contributed by atoms with Gasteiger partial charge >= 0.3 is 0 Å². The highest BCUT2D eigenvalue weighted by molar-refractivity contribution is 7.80. The van der Waals surface area contributed by atoms with Gasteiger partial charge in [0.05, 0.1) is 0 Å². The molecule has 0 radical (unpaired) electrons. The third kappa shape index (κ3) is 3.09. The van der Waals surface area contributed by atoms with Gasteiger partial charge in [-0.1, -0.05) is 25.7 Å². The Hall–Kier alpha value is -0.310. The van der Waals surface area contributed by atoms with E-state index in [0.29, 0.717) is 12.1 Å². The van der Waals surface area contributed by atoms with Crippen LogP contribution in [0.25, 0.3) is 0 Å². The van der Waals surface area contributed by atoms with Crippen LogP contribution in [0.4, 0.5) is 0 Å². The van der Waals surface area contributed by atoms with Crippen molar-refractivity contribution in [2.24, 2.45) is 0 Å². The van der Waals surface area contributed by atoms with E-state index in [1.807, 2.05) is 0 Å². The Balaban J connectivity index is 1.85. The van der Waals surface area contributed by atoms with E-state index in [0.717, 1.165) is 11.7 Å². The molecular formula is C13H24N2S. The molecule has 2 aliphatic rings. The zero-order chi connectivity index (χ0) is 11.4. The van der Waals surface area contributed by atoms with Gasteiger partial charge in [-0.25, -0.2) is 0 Å². The number of nitrogens with one attached hydrogen (secondary N) is 1.